The van der Waals surface area contributed by atoms with Crippen LogP contribution in [0.1, 0.15) is 18.1 Å². The Kier molecular flexibility index (Phi) is 5.94. The SMILES string of the molecule is CCOc1ccccc1NC1=C(c2ccccc2)C(=O)N(c2cc(C)ccc2OC)C1=O. The predicted molar refractivity (Wildman–Crippen MR) is 125 cm³/mol. The molecule has 0 saturated carbocycles. The Labute approximate surface area is 187 Å². The van der Waals surface area contributed by atoms with E-state index in [0.29, 0.717) is 40.6 Å². The van der Waals surface area contributed by atoms with Crippen LogP contribution in [0.25, 0.3) is 5.57 Å². The van der Waals surface area contributed by atoms with E-state index in [9.17, 15) is 9.59 Å². The summed E-state index contributed by atoms with van der Waals surface area (Å²) >= 11 is 0. The molecule has 3 aromatic carbocycles. The Morgan fingerprint density at radius 3 is 2.31 bits per heavy atom. The molecule has 32 heavy (non-hydrogen) atoms. The molecular formula is C26H24N2O4. The fraction of sp³-hybridized carbons (Fsp3) is 0.154. The highest BCUT2D eigenvalue weighted by molar-refractivity contribution is 6.46. The molecule has 0 spiro atoms. The zero-order valence-corrected chi connectivity index (χ0v) is 18.2. The van der Waals surface area contributed by atoms with Gasteiger partial charge in [-0.2, -0.15) is 0 Å². The van der Waals surface area contributed by atoms with Crippen LogP contribution in [-0.2, 0) is 9.59 Å². The quantitative estimate of drug-likeness (QED) is 0.548. The van der Waals surface area contributed by atoms with Gasteiger partial charge < -0.3 is 14.8 Å². The number of anilines is 2. The van der Waals surface area contributed by atoms with Gasteiger partial charge in [-0.1, -0.05) is 48.5 Å². The van der Waals surface area contributed by atoms with E-state index < -0.39 is 11.8 Å². The third-order valence-electron chi connectivity index (χ3n) is 5.17. The van der Waals surface area contributed by atoms with Crippen molar-refractivity contribution in [2.24, 2.45) is 0 Å². The molecule has 1 heterocycles. The monoisotopic (exact) mass is 428 g/mol. The maximum atomic E-state index is 13.6. The van der Waals surface area contributed by atoms with Crippen LogP contribution in [0.3, 0.4) is 0 Å². The smallest absolute Gasteiger partial charge is 0.282 e. The number of hydrogen-bond acceptors (Lipinski definition) is 5. The largest absolute Gasteiger partial charge is 0.495 e. The van der Waals surface area contributed by atoms with Crippen LogP contribution < -0.4 is 19.7 Å². The molecule has 0 bridgehead atoms. The second-order valence-electron chi connectivity index (χ2n) is 7.29. The van der Waals surface area contributed by atoms with Gasteiger partial charge in [0, 0.05) is 0 Å². The Morgan fingerprint density at radius 2 is 1.59 bits per heavy atom. The molecule has 6 heteroatoms. The van der Waals surface area contributed by atoms with Gasteiger partial charge >= 0.3 is 0 Å². The van der Waals surface area contributed by atoms with Gasteiger partial charge in [-0.3, -0.25) is 9.59 Å². The molecule has 0 aromatic heterocycles. The molecule has 0 atom stereocenters. The van der Waals surface area contributed by atoms with E-state index in [1.165, 1.54) is 12.0 Å². The number of imide groups is 1. The number of aryl methyl sites for hydroxylation is 1. The number of hydrogen-bond donors (Lipinski definition) is 1. The van der Waals surface area contributed by atoms with Crippen LogP contribution in [0.5, 0.6) is 11.5 Å². The molecule has 0 radical (unpaired) electrons. The highest BCUT2D eigenvalue weighted by Crippen LogP contribution is 2.39. The molecular weight excluding hydrogens is 404 g/mol. The van der Waals surface area contributed by atoms with Crippen LogP contribution in [0, 0.1) is 6.92 Å². The zero-order chi connectivity index (χ0) is 22.7. The first-order valence-electron chi connectivity index (χ1n) is 10.4. The number of carbonyl (C=O) groups is 2. The Bertz CT molecular complexity index is 1200. The van der Waals surface area contributed by atoms with Gasteiger partial charge in [0.2, 0.25) is 0 Å². The van der Waals surface area contributed by atoms with Gasteiger partial charge in [0.1, 0.15) is 17.2 Å². The normalized spacial score (nSPS) is 13.5. The van der Waals surface area contributed by atoms with E-state index in [1.54, 1.807) is 12.1 Å². The van der Waals surface area contributed by atoms with Crippen LogP contribution in [0.2, 0.25) is 0 Å². The summed E-state index contributed by atoms with van der Waals surface area (Å²) in [6.45, 7) is 4.27. The van der Waals surface area contributed by atoms with Crippen molar-refractivity contribution in [1.82, 2.24) is 0 Å². The summed E-state index contributed by atoms with van der Waals surface area (Å²) in [5, 5.41) is 3.18. The van der Waals surface area contributed by atoms with Gasteiger partial charge in [0.25, 0.3) is 11.8 Å². The summed E-state index contributed by atoms with van der Waals surface area (Å²) in [5.74, 6) is 0.174. The standard InChI is InChI=1S/C26H24N2O4/c1-4-32-21-13-9-8-12-19(21)27-24-23(18-10-6-5-7-11-18)25(29)28(26(24)30)20-16-17(2)14-15-22(20)31-3/h5-16,27H,4H2,1-3H3. The molecule has 1 aliphatic heterocycles. The van der Waals surface area contributed by atoms with Crippen molar-refractivity contribution in [2.45, 2.75) is 13.8 Å². The lowest BCUT2D eigenvalue weighted by Gasteiger charge is -2.19. The number of ether oxygens (including phenoxy) is 2. The fourth-order valence-electron chi connectivity index (χ4n) is 3.70. The minimum atomic E-state index is -0.455. The minimum Gasteiger partial charge on any atom is -0.495 e. The Morgan fingerprint density at radius 1 is 0.875 bits per heavy atom. The average molecular weight is 428 g/mol. The van der Waals surface area contributed by atoms with Crippen LogP contribution in [0.15, 0.2) is 78.5 Å². The zero-order valence-electron chi connectivity index (χ0n) is 18.2. The fourth-order valence-corrected chi connectivity index (χ4v) is 3.70. The van der Waals surface area contributed by atoms with Gasteiger partial charge in [-0.25, -0.2) is 4.90 Å². The van der Waals surface area contributed by atoms with E-state index in [1.807, 2.05) is 74.5 Å². The van der Waals surface area contributed by atoms with Crippen molar-refractivity contribution in [3.63, 3.8) is 0 Å². The highest BCUT2D eigenvalue weighted by Gasteiger charge is 2.41. The first-order chi connectivity index (χ1) is 15.5. The molecule has 0 fully saturated rings. The van der Waals surface area contributed by atoms with Gasteiger partial charge in [-0.15, -0.1) is 0 Å². The molecule has 1 aliphatic rings. The van der Waals surface area contributed by atoms with Crippen molar-refractivity contribution in [2.75, 3.05) is 23.9 Å². The highest BCUT2D eigenvalue weighted by atomic mass is 16.5. The third-order valence-corrected chi connectivity index (χ3v) is 5.17. The number of nitrogens with zero attached hydrogens (tertiary/aromatic N) is 1. The van der Waals surface area contributed by atoms with Crippen molar-refractivity contribution in [3.05, 3.63) is 89.6 Å². The summed E-state index contributed by atoms with van der Waals surface area (Å²) in [6.07, 6.45) is 0. The Balaban J connectivity index is 1.85. The number of methoxy groups -OCH3 is 1. The third kappa shape index (κ3) is 3.83. The molecule has 162 valence electrons. The second kappa shape index (κ2) is 8.98. The number of rotatable bonds is 7. The molecule has 1 N–H and O–H groups in total. The van der Waals surface area contributed by atoms with Gasteiger partial charge in [-0.05, 0) is 49.2 Å². The topological polar surface area (TPSA) is 67.9 Å². The van der Waals surface area contributed by atoms with Crippen LogP contribution in [-0.4, -0.2) is 25.5 Å². The lowest BCUT2D eigenvalue weighted by atomic mass is 10.0. The van der Waals surface area contributed by atoms with E-state index in [0.717, 1.165) is 5.56 Å². The van der Waals surface area contributed by atoms with Gasteiger partial charge in [0.05, 0.1) is 30.7 Å². The van der Waals surface area contributed by atoms with E-state index in [4.69, 9.17) is 9.47 Å². The molecule has 4 rings (SSSR count). The van der Waals surface area contributed by atoms with E-state index in [-0.39, 0.29) is 5.70 Å². The summed E-state index contributed by atoms with van der Waals surface area (Å²) in [7, 11) is 1.52. The number of nitrogens with one attached hydrogen (secondary N) is 1. The maximum absolute atomic E-state index is 13.6. The molecule has 0 aliphatic carbocycles. The predicted octanol–water partition coefficient (Wildman–Crippen LogP) is 4.80. The number of amides is 2. The van der Waals surface area contributed by atoms with Crippen LogP contribution >= 0.6 is 0 Å². The number of benzene rings is 3. The summed E-state index contributed by atoms with van der Waals surface area (Å²) in [6, 6.07) is 21.9. The van der Waals surface area contributed by atoms with Crippen molar-refractivity contribution in [1.29, 1.82) is 0 Å². The molecule has 6 nitrogen and oxygen atoms in total. The Hall–Kier alpha value is -4.06. The maximum Gasteiger partial charge on any atom is 0.282 e. The summed E-state index contributed by atoms with van der Waals surface area (Å²) in [5.41, 5.74) is 3.06. The lowest BCUT2D eigenvalue weighted by molar-refractivity contribution is -0.120. The minimum absolute atomic E-state index is 0.192. The van der Waals surface area contributed by atoms with Crippen molar-refractivity contribution in [3.8, 4) is 11.5 Å². The van der Waals surface area contributed by atoms with Crippen molar-refractivity contribution >= 4 is 28.8 Å². The first-order valence-corrected chi connectivity index (χ1v) is 10.4. The van der Waals surface area contributed by atoms with Gasteiger partial charge in [0.15, 0.2) is 0 Å². The molecule has 2 amide bonds. The van der Waals surface area contributed by atoms with Crippen LogP contribution in [0.4, 0.5) is 11.4 Å². The average Bonchev–Trinajstić information content (AvgIpc) is 3.05. The lowest BCUT2D eigenvalue weighted by Crippen LogP contribution is -2.32. The molecule has 0 unspecified atom stereocenters. The van der Waals surface area contributed by atoms with E-state index >= 15 is 0 Å². The number of para-hydroxylation sites is 2. The molecule has 0 saturated heterocycles. The summed E-state index contributed by atoms with van der Waals surface area (Å²) in [4.78, 5) is 28.4. The van der Waals surface area contributed by atoms with Crippen molar-refractivity contribution < 1.29 is 19.1 Å². The first kappa shape index (κ1) is 21.2. The van der Waals surface area contributed by atoms with E-state index in [2.05, 4.69) is 5.32 Å². The number of carbonyl (C=O) groups excluding carboxylic acids is 2. The second-order valence-corrected chi connectivity index (χ2v) is 7.29. The summed E-state index contributed by atoms with van der Waals surface area (Å²) < 4.78 is 11.1. The molecule has 3 aromatic rings.